The lowest BCUT2D eigenvalue weighted by atomic mass is 10.2. The van der Waals surface area contributed by atoms with Crippen LogP contribution in [0.4, 0.5) is 11.5 Å². The number of carbonyl (C=O) groups excluding carboxylic acids is 1. The van der Waals surface area contributed by atoms with Crippen LogP contribution in [0, 0.1) is 0 Å². The third-order valence-corrected chi connectivity index (χ3v) is 3.36. The van der Waals surface area contributed by atoms with E-state index >= 15 is 0 Å². The second-order valence-corrected chi connectivity index (χ2v) is 4.79. The molecule has 0 aliphatic carbocycles. The van der Waals surface area contributed by atoms with Crippen molar-refractivity contribution in [1.29, 1.82) is 0 Å². The molecule has 3 heterocycles. The number of amides is 1. The van der Waals surface area contributed by atoms with Crippen LogP contribution in [0.5, 0.6) is 0 Å². The number of aromatic nitrogens is 2. The second kappa shape index (κ2) is 5.69. The minimum atomic E-state index is -0.138. The zero-order valence-corrected chi connectivity index (χ0v) is 11.1. The van der Waals surface area contributed by atoms with Gasteiger partial charge in [-0.05, 0) is 37.1 Å². The first kappa shape index (κ1) is 12.6. The van der Waals surface area contributed by atoms with Gasteiger partial charge in [0.15, 0.2) is 0 Å². The van der Waals surface area contributed by atoms with Crippen molar-refractivity contribution in [2.45, 2.75) is 12.8 Å². The molecule has 0 atom stereocenters. The van der Waals surface area contributed by atoms with Gasteiger partial charge < -0.3 is 10.2 Å². The van der Waals surface area contributed by atoms with E-state index in [0.29, 0.717) is 11.3 Å². The highest BCUT2D eigenvalue weighted by atomic mass is 16.1. The normalized spacial score (nSPS) is 14.3. The first-order valence-electron chi connectivity index (χ1n) is 6.75. The molecule has 0 radical (unpaired) electrons. The fraction of sp³-hybridized carbons (Fsp3) is 0.267. The monoisotopic (exact) mass is 268 g/mol. The summed E-state index contributed by atoms with van der Waals surface area (Å²) < 4.78 is 0. The molecule has 0 bridgehead atoms. The Balaban J connectivity index is 1.76. The number of hydrogen-bond donors (Lipinski definition) is 1. The molecule has 2 aromatic rings. The van der Waals surface area contributed by atoms with Gasteiger partial charge >= 0.3 is 0 Å². The van der Waals surface area contributed by atoms with Crippen molar-refractivity contribution in [3.05, 3.63) is 48.4 Å². The number of hydrogen-bond acceptors (Lipinski definition) is 4. The topological polar surface area (TPSA) is 58.1 Å². The van der Waals surface area contributed by atoms with Gasteiger partial charge in [0.05, 0.1) is 11.9 Å². The fourth-order valence-corrected chi connectivity index (χ4v) is 2.32. The van der Waals surface area contributed by atoms with Gasteiger partial charge in [0.2, 0.25) is 0 Å². The van der Waals surface area contributed by atoms with E-state index in [2.05, 4.69) is 20.2 Å². The Morgan fingerprint density at radius 2 is 2.05 bits per heavy atom. The van der Waals surface area contributed by atoms with Crippen molar-refractivity contribution >= 4 is 17.4 Å². The summed E-state index contributed by atoms with van der Waals surface area (Å²) in [4.78, 5) is 22.7. The van der Waals surface area contributed by atoms with Gasteiger partial charge in [-0.15, -0.1) is 0 Å². The Labute approximate surface area is 117 Å². The van der Waals surface area contributed by atoms with Crippen LogP contribution >= 0.6 is 0 Å². The summed E-state index contributed by atoms with van der Waals surface area (Å²) in [5, 5.41) is 2.83. The number of rotatable bonds is 3. The summed E-state index contributed by atoms with van der Waals surface area (Å²) in [6.45, 7) is 2.03. The molecule has 2 aromatic heterocycles. The lowest BCUT2D eigenvalue weighted by molar-refractivity contribution is 0.102. The smallest absolute Gasteiger partial charge is 0.255 e. The molecule has 5 heteroatoms. The SMILES string of the molecule is O=C(Nc1cccnc1)c1ccnc(N2CCCC2)c1. The molecule has 0 saturated carbocycles. The van der Waals surface area contributed by atoms with Gasteiger partial charge in [-0.3, -0.25) is 9.78 Å². The highest BCUT2D eigenvalue weighted by Gasteiger charge is 2.15. The number of nitrogens with zero attached hydrogens (tertiary/aromatic N) is 3. The van der Waals surface area contributed by atoms with E-state index in [1.54, 1.807) is 30.7 Å². The lowest BCUT2D eigenvalue weighted by Gasteiger charge is -2.16. The molecule has 0 spiro atoms. The van der Waals surface area contributed by atoms with E-state index in [-0.39, 0.29) is 5.91 Å². The number of nitrogens with one attached hydrogen (secondary N) is 1. The Kier molecular flexibility index (Phi) is 3.58. The van der Waals surface area contributed by atoms with Crippen LogP contribution in [0.1, 0.15) is 23.2 Å². The Morgan fingerprint density at radius 3 is 2.80 bits per heavy atom. The van der Waals surface area contributed by atoms with Crippen molar-refractivity contribution in [2.24, 2.45) is 0 Å². The molecule has 5 nitrogen and oxygen atoms in total. The van der Waals surface area contributed by atoms with Crippen LogP contribution in [-0.4, -0.2) is 29.0 Å². The van der Waals surface area contributed by atoms with Crippen LogP contribution in [0.3, 0.4) is 0 Å². The summed E-state index contributed by atoms with van der Waals surface area (Å²) >= 11 is 0. The predicted octanol–water partition coefficient (Wildman–Crippen LogP) is 2.33. The van der Waals surface area contributed by atoms with Gasteiger partial charge in [-0.2, -0.15) is 0 Å². The fourth-order valence-electron chi connectivity index (χ4n) is 2.32. The van der Waals surface area contributed by atoms with Gasteiger partial charge in [-0.1, -0.05) is 0 Å². The largest absolute Gasteiger partial charge is 0.357 e. The summed E-state index contributed by atoms with van der Waals surface area (Å²) in [5.74, 6) is 0.738. The van der Waals surface area contributed by atoms with Crippen LogP contribution in [0.15, 0.2) is 42.9 Å². The standard InChI is InChI=1S/C15H16N4O/c20-15(18-13-4-3-6-16-11-13)12-5-7-17-14(10-12)19-8-1-2-9-19/h3-7,10-11H,1-2,8-9H2,(H,18,20). The van der Waals surface area contributed by atoms with E-state index in [9.17, 15) is 4.79 Å². The van der Waals surface area contributed by atoms with Crippen molar-refractivity contribution in [3.63, 3.8) is 0 Å². The molecule has 20 heavy (non-hydrogen) atoms. The number of carbonyl (C=O) groups is 1. The summed E-state index contributed by atoms with van der Waals surface area (Å²) in [7, 11) is 0. The van der Waals surface area contributed by atoms with Gasteiger partial charge in [0, 0.05) is 31.0 Å². The van der Waals surface area contributed by atoms with Crippen LogP contribution in [0.25, 0.3) is 0 Å². The molecule has 1 fully saturated rings. The summed E-state index contributed by atoms with van der Waals surface area (Å²) in [6, 6.07) is 7.17. The highest BCUT2D eigenvalue weighted by Crippen LogP contribution is 2.19. The Bertz CT molecular complexity index is 594. The quantitative estimate of drug-likeness (QED) is 0.928. The average molecular weight is 268 g/mol. The highest BCUT2D eigenvalue weighted by molar-refractivity contribution is 6.04. The molecule has 102 valence electrons. The lowest BCUT2D eigenvalue weighted by Crippen LogP contribution is -2.20. The van der Waals surface area contributed by atoms with E-state index in [4.69, 9.17) is 0 Å². The minimum Gasteiger partial charge on any atom is -0.357 e. The maximum absolute atomic E-state index is 12.2. The van der Waals surface area contributed by atoms with Crippen molar-refractivity contribution < 1.29 is 4.79 Å². The third kappa shape index (κ3) is 2.77. The molecule has 0 aromatic carbocycles. The van der Waals surface area contributed by atoms with E-state index < -0.39 is 0 Å². The minimum absolute atomic E-state index is 0.138. The number of pyridine rings is 2. The molecular weight excluding hydrogens is 252 g/mol. The van der Waals surface area contributed by atoms with Gasteiger partial charge in [0.25, 0.3) is 5.91 Å². The van der Waals surface area contributed by atoms with E-state index in [0.717, 1.165) is 18.9 Å². The van der Waals surface area contributed by atoms with Crippen molar-refractivity contribution in [3.8, 4) is 0 Å². The average Bonchev–Trinajstić information content (AvgIpc) is 3.03. The molecular formula is C15H16N4O. The molecule has 3 rings (SSSR count). The van der Waals surface area contributed by atoms with Crippen LogP contribution in [0.2, 0.25) is 0 Å². The first-order valence-corrected chi connectivity index (χ1v) is 6.75. The molecule has 0 unspecified atom stereocenters. The summed E-state index contributed by atoms with van der Waals surface area (Å²) in [6.07, 6.45) is 7.36. The summed E-state index contributed by atoms with van der Waals surface area (Å²) in [5.41, 5.74) is 1.31. The second-order valence-electron chi connectivity index (χ2n) is 4.79. The number of anilines is 2. The molecule has 1 N–H and O–H groups in total. The van der Waals surface area contributed by atoms with Gasteiger partial charge in [0.1, 0.15) is 5.82 Å². The molecule has 1 saturated heterocycles. The third-order valence-electron chi connectivity index (χ3n) is 3.36. The van der Waals surface area contributed by atoms with Crippen molar-refractivity contribution in [1.82, 2.24) is 9.97 Å². The maximum Gasteiger partial charge on any atom is 0.255 e. The van der Waals surface area contributed by atoms with Crippen molar-refractivity contribution in [2.75, 3.05) is 23.3 Å². The van der Waals surface area contributed by atoms with Gasteiger partial charge in [-0.25, -0.2) is 4.98 Å². The van der Waals surface area contributed by atoms with E-state index in [1.165, 1.54) is 12.8 Å². The Hall–Kier alpha value is -2.43. The zero-order chi connectivity index (χ0) is 13.8. The molecule has 1 amide bonds. The zero-order valence-electron chi connectivity index (χ0n) is 11.1. The first-order chi connectivity index (χ1) is 9.83. The maximum atomic E-state index is 12.2. The van der Waals surface area contributed by atoms with Crippen LogP contribution in [-0.2, 0) is 0 Å². The predicted molar refractivity (Wildman–Crippen MR) is 77.9 cm³/mol. The Morgan fingerprint density at radius 1 is 1.20 bits per heavy atom. The van der Waals surface area contributed by atoms with Crippen LogP contribution < -0.4 is 10.2 Å². The van der Waals surface area contributed by atoms with E-state index in [1.807, 2.05) is 12.1 Å². The molecule has 1 aliphatic rings. The molecule has 1 aliphatic heterocycles.